The van der Waals surface area contributed by atoms with Gasteiger partial charge < -0.3 is 10.1 Å². The van der Waals surface area contributed by atoms with Crippen molar-refractivity contribution in [2.75, 3.05) is 13.7 Å². The van der Waals surface area contributed by atoms with Gasteiger partial charge in [-0.15, -0.1) is 0 Å². The summed E-state index contributed by atoms with van der Waals surface area (Å²) < 4.78 is 5.38. The van der Waals surface area contributed by atoms with Crippen molar-refractivity contribution in [2.45, 2.75) is 33.7 Å². The van der Waals surface area contributed by atoms with E-state index in [1.54, 1.807) is 7.11 Å². The molecule has 0 saturated heterocycles. The lowest BCUT2D eigenvalue weighted by molar-refractivity contribution is 0.411. The molecule has 112 valence electrons. The van der Waals surface area contributed by atoms with E-state index < -0.39 is 0 Å². The van der Waals surface area contributed by atoms with Crippen LogP contribution in [-0.4, -0.2) is 13.7 Å². The maximum atomic E-state index is 5.38. The van der Waals surface area contributed by atoms with Crippen molar-refractivity contribution in [3.8, 4) is 16.9 Å². The summed E-state index contributed by atoms with van der Waals surface area (Å²) in [5.74, 6) is 0.955. The van der Waals surface area contributed by atoms with Crippen LogP contribution in [0.15, 0.2) is 36.4 Å². The Kier molecular flexibility index (Phi) is 5.40. The number of methoxy groups -OCH3 is 1. The van der Waals surface area contributed by atoms with Crippen LogP contribution in [-0.2, 0) is 6.54 Å². The third kappa shape index (κ3) is 3.85. The Bertz CT molecular complexity index is 587. The van der Waals surface area contributed by atoms with E-state index >= 15 is 0 Å². The van der Waals surface area contributed by atoms with Crippen molar-refractivity contribution >= 4 is 0 Å². The Morgan fingerprint density at radius 3 is 2.33 bits per heavy atom. The number of benzene rings is 2. The molecule has 2 aromatic rings. The van der Waals surface area contributed by atoms with Crippen molar-refractivity contribution in [1.82, 2.24) is 5.32 Å². The summed E-state index contributed by atoms with van der Waals surface area (Å²) in [6.45, 7) is 8.41. The van der Waals surface area contributed by atoms with Crippen molar-refractivity contribution in [3.63, 3.8) is 0 Å². The third-order valence-corrected chi connectivity index (χ3v) is 3.76. The highest BCUT2D eigenvalue weighted by Gasteiger charge is 2.07. The normalized spacial score (nSPS) is 10.7. The Hall–Kier alpha value is -1.80. The second kappa shape index (κ2) is 7.28. The van der Waals surface area contributed by atoms with Gasteiger partial charge in [-0.1, -0.05) is 31.2 Å². The summed E-state index contributed by atoms with van der Waals surface area (Å²) in [7, 11) is 1.72. The van der Waals surface area contributed by atoms with Gasteiger partial charge in [0.25, 0.3) is 0 Å². The molecule has 0 aliphatic rings. The molecule has 0 aliphatic carbocycles. The maximum absolute atomic E-state index is 5.38. The summed E-state index contributed by atoms with van der Waals surface area (Å²) in [6.07, 6.45) is 1.17. The summed E-state index contributed by atoms with van der Waals surface area (Å²) in [5.41, 5.74) is 6.29. The fourth-order valence-electron chi connectivity index (χ4n) is 2.53. The van der Waals surface area contributed by atoms with Crippen LogP contribution in [0.25, 0.3) is 11.1 Å². The Balaban J connectivity index is 2.20. The average molecular weight is 283 g/mol. The summed E-state index contributed by atoms with van der Waals surface area (Å²) >= 11 is 0. The molecule has 0 saturated carbocycles. The molecule has 1 N–H and O–H groups in total. The standard InChI is InChI=1S/C19H25NO/c1-5-10-20-13-16-6-8-17(9-7-16)18-11-15(3)19(21-4)12-14(18)2/h6-9,11-12,20H,5,10,13H2,1-4H3. The first-order valence-electron chi connectivity index (χ1n) is 7.61. The van der Waals surface area contributed by atoms with Gasteiger partial charge in [-0.05, 0) is 66.8 Å². The lowest BCUT2D eigenvalue weighted by Gasteiger charge is -2.12. The first kappa shape index (κ1) is 15.6. The molecule has 0 spiro atoms. The van der Waals surface area contributed by atoms with Crippen LogP contribution in [0.5, 0.6) is 5.75 Å². The molecular formula is C19H25NO. The van der Waals surface area contributed by atoms with Crippen LogP contribution in [0.4, 0.5) is 0 Å². The molecule has 0 aromatic heterocycles. The molecule has 0 unspecified atom stereocenters. The van der Waals surface area contributed by atoms with Crippen LogP contribution in [0.3, 0.4) is 0 Å². The van der Waals surface area contributed by atoms with Gasteiger partial charge in [0.05, 0.1) is 7.11 Å². The van der Waals surface area contributed by atoms with Gasteiger partial charge in [-0.25, -0.2) is 0 Å². The van der Waals surface area contributed by atoms with Gasteiger partial charge >= 0.3 is 0 Å². The summed E-state index contributed by atoms with van der Waals surface area (Å²) in [6, 6.07) is 13.1. The predicted molar refractivity (Wildman–Crippen MR) is 89.9 cm³/mol. The fourth-order valence-corrected chi connectivity index (χ4v) is 2.53. The minimum atomic E-state index is 0.939. The highest BCUT2D eigenvalue weighted by atomic mass is 16.5. The minimum absolute atomic E-state index is 0.939. The van der Waals surface area contributed by atoms with Crippen LogP contribution >= 0.6 is 0 Å². The lowest BCUT2D eigenvalue weighted by atomic mass is 9.97. The lowest BCUT2D eigenvalue weighted by Crippen LogP contribution is -2.13. The molecule has 0 aliphatic heterocycles. The third-order valence-electron chi connectivity index (χ3n) is 3.76. The van der Waals surface area contributed by atoms with Gasteiger partial charge in [-0.2, -0.15) is 0 Å². The molecule has 0 heterocycles. The van der Waals surface area contributed by atoms with E-state index in [1.165, 1.54) is 34.2 Å². The minimum Gasteiger partial charge on any atom is -0.496 e. The van der Waals surface area contributed by atoms with Crippen molar-refractivity contribution < 1.29 is 4.74 Å². The summed E-state index contributed by atoms with van der Waals surface area (Å²) in [4.78, 5) is 0. The quantitative estimate of drug-likeness (QED) is 0.789. The largest absolute Gasteiger partial charge is 0.496 e. The molecule has 2 nitrogen and oxygen atoms in total. The van der Waals surface area contributed by atoms with E-state index in [9.17, 15) is 0 Å². The zero-order valence-electron chi connectivity index (χ0n) is 13.5. The molecule has 21 heavy (non-hydrogen) atoms. The number of rotatable bonds is 6. The van der Waals surface area contributed by atoms with Gasteiger partial charge in [0, 0.05) is 6.54 Å². The molecule has 0 atom stereocenters. The molecule has 0 radical (unpaired) electrons. The predicted octanol–water partition coefficient (Wildman–Crippen LogP) is 4.48. The SMILES string of the molecule is CCCNCc1ccc(-c2cc(C)c(OC)cc2C)cc1. The second-order valence-electron chi connectivity index (χ2n) is 5.51. The van der Waals surface area contributed by atoms with E-state index in [4.69, 9.17) is 4.74 Å². The maximum Gasteiger partial charge on any atom is 0.122 e. The first-order valence-corrected chi connectivity index (χ1v) is 7.61. The Morgan fingerprint density at radius 2 is 1.71 bits per heavy atom. The topological polar surface area (TPSA) is 21.3 Å². The van der Waals surface area contributed by atoms with E-state index in [2.05, 4.69) is 62.5 Å². The zero-order valence-corrected chi connectivity index (χ0v) is 13.5. The Morgan fingerprint density at radius 1 is 1.00 bits per heavy atom. The molecule has 2 aromatic carbocycles. The number of hydrogen-bond donors (Lipinski definition) is 1. The number of ether oxygens (including phenoxy) is 1. The zero-order chi connectivity index (χ0) is 15.2. The first-order chi connectivity index (χ1) is 10.2. The number of hydrogen-bond acceptors (Lipinski definition) is 2. The van der Waals surface area contributed by atoms with Crippen molar-refractivity contribution in [1.29, 1.82) is 0 Å². The molecule has 0 bridgehead atoms. The van der Waals surface area contributed by atoms with Gasteiger partial charge in [0.15, 0.2) is 0 Å². The van der Waals surface area contributed by atoms with Crippen LogP contribution in [0, 0.1) is 13.8 Å². The van der Waals surface area contributed by atoms with E-state index in [0.29, 0.717) is 0 Å². The number of nitrogens with one attached hydrogen (secondary N) is 1. The monoisotopic (exact) mass is 283 g/mol. The van der Waals surface area contributed by atoms with Gasteiger partial charge in [-0.3, -0.25) is 0 Å². The van der Waals surface area contributed by atoms with Crippen LogP contribution < -0.4 is 10.1 Å². The molecule has 2 heteroatoms. The number of aryl methyl sites for hydroxylation is 2. The van der Waals surface area contributed by atoms with Crippen LogP contribution in [0.1, 0.15) is 30.0 Å². The van der Waals surface area contributed by atoms with Gasteiger partial charge in [0.1, 0.15) is 5.75 Å². The molecule has 0 amide bonds. The van der Waals surface area contributed by atoms with Crippen molar-refractivity contribution in [3.05, 3.63) is 53.1 Å². The average Bonchev–Trinajstić information content (AvgIpc) is 2.50. The van der Waals surface area contributed by atoms with E-state index in [0.717, 1.165) is 18.8 Å². The highest BCUT2D eigenvalue weighted by Crippen LogP contribution is 2.30. The second-order valence-corrected chi connectivity index (χ2v) is 5.51. The molecule has 0 fully saturated rings. The van der Waals surface area contributed by atoms with Gasteiger partial charge in [0.2, 0.25) is 0 Å². The fraction of sp³-hybridized carbons (Fsp3) is 0.368. The van der Waals surface area contributed by atoms with E-state index in [-0.39, 0.29) is 0 Å². The summed E-state index contributed by atoms with van der Waals surface area (Å²) in [5, 5.41) is 3.43. The van der Waals surface area contributed by atoms with Crippen LogP contribution in [0.2, 0.25) is 0 Å². The van der Waals surface area contributed by atoms with Crippen molar-refractivity contribution in [2.24, 2.45) is 0 Å². The Labute approximate surface area is 128 Å². The smallest absolute Gasteiger partial charge is 0.122 e. The molecular weight excluding hydrogens is 258 g/mol. The van der Waals surface area contributed by atoms with E-state index in [1.807, 2.05) is 0 Å². The highest BCUT2D eigenvalue weighted by molar-refractivity contribution is 5.69. The molecule has 2 rings (SSSR count).